The third-order valence-corrected chi connectivity index (χ3v) is 9.07. The van der Waals surface area contributed by atoms with E-state index in [1.54, 1.807) is 0 Å². The summed E-state index contributed by atoms with van der Waals surface area (Å²) in [6, 6.07) is 7.98. The van der Waals surface area contributed by atoms with Crippen LogP contribution in [0.15, 0.2) is 29.3 Å². The van der Waals surface area contributed by atoms with Gasteiger partial charge in [0.1, 0.15) is 0 Å². The van der Waals surface area contributed by atoms with Crippen LogP contribution >= 0.6 is 11.8 Å². The quantitative estimate of drug-likeness (QED) is 0.649. The highest BCUT2D eigenvalue weighted by atomic mass is 32.2. The van der Waals surface area contributed by atoms with E-state index >= 15 is 0 Å². The first-order chi connectivity index (χ1) is 13.8. The summed E-state index contributed by atoms with van der Waals surface area (Å²) >= 11 is 1.44. The highest BCUT2D eigenvalue weighted by Gasteiger charge is 2.49. The van der Waals surface area contributed by atoms with Gasteiger partial charge in [-0.15, -0.1) is 0 Å². The van der Waals surface area contributed by atoms with Crippen molar-refractivity contribution >= 4 is 44.0 Å². The number of carbonyl (C=O) groups excluding carboxylic acids is 1. The molecule has 0 radical (unpaired) electrons. The Bertz CT molecular complexity index is 860. The molecule has 0 bridgehead atoms. The maximum Gasteiger partial charge on any atom is 0.251 e. The van der Waals surface area contributed by atoms with Gasteiger partial charge in [-0.1, -0.05) is 25.6 Å². The van der Waals surface area contributed by atoms with Crippen LogP contribution in [-0.2, 0) is 14.6 Å². The van der Waals surface area contributed by atoms with E-state index in [2.05, 4.69) is 35.9 Å². The van der Waals surface area contributed by atoms with Crippen molar-refractivity contribution in [3.63, 3.8) is 0 Å². The predicted molar refractivity (Wildman–Crippen MR) is 123 cm³/mol. The van der Waals surface area contributed by atoms with Gasteiger partial charge < -0.3 is 9.80 Å². The van der Waals surface area contributed by atoms with Gasteiger partial charge in [0.15, 0.2) is 15.0 Å². The zero-order valence-corrected chi connectivity index (χ0v) is 19.3. The van der Waals surface area contributed by atoms with Gasteiger partial charge >= 0.3 is 0 Å². The first-order valence-electron chi connectivity index (χ1n) is 10.5. The van der Waals surface area contributed by atoms with Crippen LogP contribution in [0.25, 0.3) is 0 Å². The van der Waals surface area contributed by atoms with Crippen LogP contribution in [0.5, 0.6) is 0 Å². The molecule has 2 aliphatic rings. The molecule has 0 N–H and O–H groups in total. The molecule has 1 aromatic rings. The van der Waals surface area contributed by atoms with E-state index in [0.717, 1.165) is 37.3 Å². The molecule has 29 heavy (non-hydrogen) atoms. The van der Waals surface area contributed by atoms with Crippen molar-refractivity contribution in [1.82, 2.24) is 0 Å². The number of aliphatic imine (C=N–C) groups is 1. The van der Waals surface area contributed by atoms with Gasteiger partial charge in [0.2, 0.25) is 0 Å². The summed E-state index contributed by atoms with van der Waals surface area (Å²) in [5.74, 6) is 0.0686. The Kier molecular flexibility index (Phi) is 6.94. The minimum atomic E-state index is -3.06. The SMILES string of the molecule is CCC(CC)C(=O)N=C1S[C@H]2CS(=O)(=O)C[C@@H]2N1c1ccc(N(CC)CC)cc1. The number of anilines is 2. The molecule has 6 nitrogen and oxygen atoms in total. The molecule has 8 heteroatoms. The minimum Gasteiger partial charge on any atom is -0.372 e. The molecule has 160 valence electrons. The maximum atomic E-state index is 12.7. The van der Waals surface area contributed by atoms with Crippen molar-refractivity contribution in [3.8, 4) is 0 Å². The smallest absolute Gasteiger partial charge is 0.251 e. The lowest BCUT2D eigenvalue weighted by Gasteiger charge is -2.26. The first-order valence-corrected chi connectivity index (χ1v) is 13.2. The Morgan fingerprint density at radius 1 is 1.14 bits per heavy atom. The molecule has 3 rings (SSSR count). The first kappa shape index (κ1) is 22.2. The molecule has 2 aliphatic heterocycles. The van der Waals surface area contributed by atoms with Crippen LogP contribution in [0, 0.1) is 5.92 Å². The van der Waals surface area contributed by atoms with E-state index in [1.807, 2.05) is 30.9 Å². The average Bonchev–Trinajstić information content (AvgIpc) is 3.15. The molecule has 0 aromatic heterocycles. The Labute approximate surface area is 178 Å². The summed E-state index contributed by atoms with van der Waals surface area (Å²) in [5.41, 5.74) is 2.03. The second kappa shape index (κ2) is 9.08. The van der Waals surface area contributed by atoms with Crippen molar-refractivity contribution in [2.75, 3.05) is 34.4 Å². The zero-order chi connectivity index (χ0) is 21.2. The van der Waals surface area contributed by atoms with Gasteiger partial charge in [0.05, 0.1) is 17.5 Å². The van der Waals surface area contributed by atoms with E-state index in [1.165, 1.54) is 11.8 Å². The number of sulfone groups is 1. The monoisotopic (exact) mass is 437 g/mol. The van der Waals surface area contributed by atoms with Crippen molar-refractivity contribution < 1.29 is 13.2 Å². The minimum absolute atomic E-state index is 0.0734. The summed E-state index contributed by atoms with van der Waals surface area (Å²) in [7, 11) is -3.06. The number of thioether (sulfide) groups is 1. The summed E-state index contributed by atoms with van der Waals surface area (Å²) in [6.45, 7) is 10.1. The van der Waals surface area contributed by atoms with Gasteiger partial charge in [0.25, 0.3) is 5.91 Å². The number of amides is 1. The van der Waals surface area contributed by atoms with E-state index in [9.17, 15) is 13.2 Å². The number of rotatable bonds is 7. The lowest BCUT2D eigenvalue weighted by molar-refractivity contribution is -0.121. The molecule has 0 unspecified atom stereocenters. The van der Waals surface area contributed by atoms with Crippen molar-refractivity contribution in [1.29, 1.82) is 0 Å². The number of hydrogen-bond acceptors (Lipinski definition) is 5. The Hall–Kier alpha value is -1.54. The Morgan fingerprint density at radius 3 is 2.31 bits per heavy atom. The Morgan fingerprint density at radius 2 is 1.76 bits per heavy atom. The summed E-state index contributed by atoms with van der Waals surface area (Å²) in [4.78, 5) is 21.4. The molecule has 2 atom stereocenters. The molecule has 2 saturated heterocycles. The van der Waals surface area contributed by atoms with Crippen LogP contribution in [0.2, 0.25) is 0 Å². The lowest BCUT2D eigenvalue weighted by atomic mass is 10.0. The molecule has 0 saturated carbocycles. The molecule has 2 heterocycles. The average molecular weight is 438 g/mol. The number of amidine groups is 1. The highest BCUT2D eigenvalue weighted by Crippen LogP contribution is 2.41. The molecule has 1 amide bonds. The lowest BCUT2D eigenvalue weighted by Crippen LogP contribution is -2.38. The summed E-state index contributed by atoms with van der Waals surface area (Å²) in [6.07, 6.45) is 1.52. The molecule has 0 aliphatic carbocycles. The molecule has 0 spiro atoms. The second-order valence-electron chi connectivity index (χ2n) is 7.61. The topological polar surface area (TPSA) is 70.0 Å². The Balaban J connectivity index is 1.95. The fourth-order valence-electron chi connectivity index (χ4n) is 4.10. The maximum absolute atomic E-state index is 12.7. The molecular weight excluding hydrogens is 406 g/mol. The van der Waals surface area contributed by atoms with Crippen molar-refractivity contribution in [2.45, 2.75) is 51.8 Å². The molecule has 2 fully saturated rings. The standard InChI is InChI=1S/C21H31N3O3S2/c1-5-15(6-2)20(25)22-21-24(18-13-29(26,27)14-19(18)28-21)17-11-9-16(10-12-17)23(7-3)8-4/h9-12,15,18-19H,5-8,13-14H2,1-4H3/t18-,19-/m0/s1. The number of hydrogen-bond donors (Lipinski definition) is 0. The van der Waals surface area contributed by atoms with Crippen LogP contribution in [0.4, 0.5) is 11.4 Å². The van der Waals surface area contributed by atoms with Gasteiger partial charge in [-0.05, 0) is 51.0 Å². The number of carbonyl (C=O) groups is 1. The van der Waals surface area contributed by atoms with Crippen molar-refractivity contribution in [3.05, 3.63) is 24.3 Å². The predicted octanol–water partition coefficient (Wildman–Crippen LogP) is 3.57. The normalized spacial score (nSPS) is 24.3. The van der Waals surface area contributed by atoms with Crippen LogP contribution < -0.4 is 9.80 Å². The van der Waals surface area contributed by atoms with Gasteiger partial charge in [0, 0.05) is 35.6 Å². The van der Waals surface area contributed by atoms with E-state index in [0.29, 0.717) is 5.17 Å². The fraction of sp³-hybridized carbons (Fsp3) is 0.619. The van der Waals surface area contributed by atoms with E-state index in [4.69, 9.17) is 0 Å². The molecule has 1 aromatic carbocycles. The second-order valence-corrected chi connectivity index (χ2v) is 11.0. The number of fused-ring (bicyclic) bond motifs is 1. The third kappa shape index (κ3) is 4.63. The van der Waals surface area contributed by atoms with Gasteiger partial charge in [-0.25, -0.2) is 8.42 Å². The molecular formula is C21H31N3O3S2. The fourth-order valence-corrected chi connectivity index (χ4v) is 8.02. The van der Waals surface area contributed by atoms with E-state index < -0.39 is 9.84 Å². The highest BCUT2D eigenvalue weighted by molar-refractivity contribution is 8.16. The van der Waals surface area contributed by atoms with Crippen LogP contribution in [0.1, 0.15) is 40.5 Å². The summed E-state index contributed by atoms with van der Waals surface area (Å²) in [5, 5.41) is 0.568. The zero-order valence-electron chi connectivity index (χ0n) is 17.7. The van der Waals surface area contributed by atoms with E-state index in [-0.39, 0.29) is 34.6 Å². The van der Waals surface area contributed by atoms with Crippen LogP contribution in [-0.4, -0.2) is 55.4 Å². The van der Waals surface area contributed by atoms with Gasteiger partial charge in [-0.2, -0.15) is 4.99 Å². The number of benzene rings is 1. The van der Waals surface area contributed by atoms with Crippen LogP contribution in [0.3, 0.4) is 0 Å². The summed E-state index contributed by atoms with van der Waals surface area (Å²) < 4.78 is 24.4. The van der Waals surface area contributed by atoms with Crippen molar-refractivity contribution in [2.24, 2.45) is 10.9 Å². The number of nitrogens with zero attached hydrogens (tertiary/aromatic N) is 3. The third-order valence-electron chi connectivity index (χ3n) is 5.86. The largest absolute Gasteiger partial charge is 0.372 e. The van der Waals surface area contributed by atoms with Gasteiger partial charge in [-0.3, -0.25) is 4.79 Å².